The zero-order valence-corrected chi connectivity index (χ0v) is 20.7. The van der Waals surface area contributed by atoms with Gasteiger partial charge in [0.25, 0.3) is 11.9 Å². The van der Waals surface area contributed by atoms with Crippen molar-refractivity contribution in [1.29, 1.82) is 0 Å². The second-order valence-corrected chi connectivity index (χ2v) is 11.0. The zero-order valence-electron chi connectivity index (χ0n) is 19.9. The average molecular weight is 493 g/mol. The van der Waals surface area contributed by atoms with Gasteiger partial charge in [-0.3, -0.25) is 9.69 Å². The van der Waals surface area contributed by atoms with Crippen molar-refractivity contribution in [1.82, 2.24) is 29.5 Å². The largest absolute Gasteiger partial charge is 0.396 e. The second-order valence-electron chi connectivity index (χ2n) is 10.1. The molecule has 3 aliphatic rings. The molecule has 1 amide bonds. The lowest BCUT2D eigenvalue weighted by Crippen LogP contribution is -2.50. The molecule has 1 atom stereocenters. The minimum atomic E-state index is 0.0814. The molecule has 3 aromatic heterocycles. The summed E-state index contributed by atoms with van der Waals surface area (Å²) in [5, 5.41) is 16.2. The molecule has 1 N–H and O–H groups in total. The molecule has 1 saturated carbocycles. The molecule has 0 radical (unpaired) electrons. The van der Waals surface area contributed by atoms with Crippen molar-refractivity contribution in [3.05, 3.63) is 47.2 Å². The van der Waals surface area contributed by atoms with Crippen LogP contribution < -0.4 is 0 Å². The van der Waals surface area contributed by atoms with Crippen LogP contribution in [0.1, 0.15) is 60.5 Å². The van der Waals surface area contributed by atoms with Crippen LogP contribution in [0.2, 0.25) is 0 Å². The number of piperidine rings is 2. The Morgan fingerprint density at radius 3 is 2.71 bits per heavy atom. The van der Waals surface area contributed by atoms with Gasteiger partial charge in [0.05, 0.1) is 28.0 Å². The zero-order chi connectivity index (χ0) is 23.8. The van der Waals surface area contributed by atoms with Crippen molar-refractivity contribution < 1.29 is 9.90 Å². The lowest BCUT2D eigenvalue weighted by Gasteiger charge is -2.42. The molecule has 1 aliphatic carbocycles. The molecule has 9 heteroatoms. The number of aliphatic hydroxyl groups excluding tert-OH is 1. The summed E-state index contributed by atoms with van der Waals surface area (Å²) < 4.78 is 1.79. The highest BCUT2D eigenvalue weighted by atomic mass is 32.1. The normalized spacial score (nSPS) is 22.0. The van der Waals surface area contributed by atoms with E-state index >= 15 is 0 Å². The highest BCUT2D eigenvalue weighted by molar-refractivity contribution is 7.13. The van der Waals surface area contributed by atoms with Crippen molar-refractivity contribution in [3.63, 3.8) is 0 Å². The maximum Gasteiger partial charge on any atom is 0.257 e. The number of aromatic nitrogens is 4. The van der Waals surface area contributed by atoms with E-state index in [9.17, 15) is 9.90 Å². The Morgan fingerprint density at radius 1 is 1.11 bits per heavy atom. The summed E-state index contributed by atoms with van der Waals surface area (Å²) in [4.78, 5) is 28.5. The molecular weight excluding hydrogens is 460 g/mol. The first-order chi connectivity index (χ1) is 17.2. The predicted molar refractivity (Wildman–Crippen MR) is 135 cm³/mol. The van der Waals surface area contributed by atoms with Crippen molar-refractivity contribution in [2.24, 2.45) is 5.92 Å². The smallest absolute Gasteiger partial charge is 0.257 e. The maximum absolute atomic E-state index is 13.6. The Morgan fingerprint density at radius 2 is 1.97 bits per heavy atom. The molecule has 2 saturated heterocycles. The van der Waals surface area contributed by atoms with E-state index in [4.69, 9.17) is 4.98 Å². The van der Waals surface area contributed by atoms with E-state index in [1.807, 2.05) is 28.5 Å². The second kappa shape index (κ2) is 9.79. The number of carbonyl (C=O) groups excluding carboxylic acids is 1. The van der Waals surface area contributed by atoms with Gasteiger partial charge >= 0.3 is 0 Å². The lowest BCUT2D eigenvalue weighted by atomic mass is 9.94. The Kier molecular flexibility index (Phi) is 6.39. The average Bonchev–Trinajstić information content (AvgIpc) is 3.41. The van der Waals surface area contributed by atoms with E-state index in [0.717, 1.165) is 81.0 Å². The van der Waals surface area contributed by atoms with Gasteiger partial charge in [0, 0.05) is 44.4 Å². The van der Waals surface area contributed by atoms with Crippen LogP contribution in [0.15, 0.2) is 36.0 Å². The molecule has 35 heavy (non-hydrogen) atoms. The molecule has 0 aromatic carbocycles. The van der Waals surface area contributed by atoms with E-state index in [-0.39, 0.29) is 12.5 Å². The van der Waals surface area contributed by atoms with Crippen LogP contribution in [0.3, 0.4) is 0 Å². The molecular formula is C26H32N6O2S. The molecule has 2 aliphatic heterocycles. The van der Waals surface area contributed by atoms with Gasteiger partial charge in [0.1, 0.15) is 0 Å². The fourth-order valence-electron chi connectivity index (χ4n) is 5.63. The number of aliphatic hydroxyl groups is 1. The SMILES string of the molecule is O=C(c1cnn(-c2nccc(-c3cccs3)n2)c1C1CC1)N1CCC(N2CCCC(CO)C2)CC1. The van der Waals surface area contributed by atoms with Gasteiger partial charge in [-0.2, -0.15) is 5.10 Å². The Balaban J connectivity index is 1.19. The third kappa shape index (κ3) is 4.64. The van der Waals surface area contributed by atoms with Crippen molar-refractivity contribution in [3.8, 4) is 16.5 Å². The summed E-state index contributed by atoms with van der Waals surface area (Å²) in [6, 6.07) is 6.49. The van der Waals surface area contributed by atoms with Gasteiger partial charge in [-0.1, -0.05) is 6.07 Å². The van der Waals surface area contributed by atoms with Crippen LogP contribution in [0.5, 0.6) is 0 Å². The number of carbonyl (C=O) groups is 1. The van der Waals surface area contributed by atoms with E-state index in [1.54, 1.807) is 28.4 Å². The van der Waals surface area contributed by atoms with Crippen molar-refractivity contribution >= 4 is 17.2 Å². The van der Waals surface area contributed by atoms with Gasteiger partial charge in [0.15, 0.2) is 0 Å². The summed E-state index contributed by atoms with van der Waals surface area (Å²) in [5.41, 5.74) is 2.54. The summed E-state index contributed by atoms with van der Waals surface area (Å²) in [5.74, 6) is 1.35. The summed E-state index contributed by atoms with van der Waals surface area (Å²) in [6.07, 6.45) is 9.89. The summed E-state index contributed by atoms with van der Waals surface area (Å²) in [6.45, 7) is 3.91. The monoisotopic (exact) mass is 492 g/mol. The molecule has 8 nitrogen and oxygen atoms in total. The Bertz CT molecular complexity index is 1170. The fraction of sp³-hybridized carbons (Fsp3) is 0.538. The minimum absolute atomic E-state index is 0.0814. The number of likely N-dealkylation sites (tertiary alicyclic amines) is 2. The molecule has 1 unspecified atom stereocenters. The number of amides is 1. The topological polar surface area (TPSA) is 87.4 Å². The Hall–Kier alpha value is -2.62. The molecule has 184 valence electrons. The lowest BCUT2D eigenvalue weighted by molar-refractivity contribution is 0.0454. The van der Waals surface area contributed by atoms with Crippen molar-refractivity contribution in [2.45, 2.75) is 50.5 Å². The van der Waals surface area contributed by atoms with Gasteiger partial charge in [-0.05, 0) is 68.5 Å². The quantitative estimate of drug-likeness (QED) is 0.566. The number of rotatable bonds is 6. The first kappa shape index (κ1) is 22.8. The number of nitrogens with zero attached hydrogens (tertiary/aromatic N) is 6. The molecule has 0 spiro atoms. The van der Waals surface area contributed by atoms with Crippen LogP contribution >= 0.6 is 11.3 Å². The summed E-state index contributed by atoms with van der Waals surface area (Å²) in [7, 11) is 0. The molecule has 3 aromatic rings. The Labute approximate surface area is 209 Å². The van der Waals surface area contributed by atoms with Crippen LogP contribution in [-0.4, -0.2) is 79.4 Å². The number of thiophene rings is 1. The van der Waals surface area contributed by atoms with Gasteiger partial charge in [-0.15, -0.1) is 11.3 Å². The number of hydrogen-bond acceptors (Lipinski definition) is 7. The van der Waals surface area contributed by atoms with Crippen molar-refractivity contribution in [2.75, 3.05) is 32.8 Å². The van der Waals surface area contributed by atoms with E-state index in [2.05, 4.69) is 15.0 Å². The highest BCUT2D eigenvalue weighted by Crippen LogP contribution is 2.42. The fourth-order valence-corrected chi connectivity index (χ4v) is 6.32. The van der Waals surface area contributed by atoms with E-state index in [0.29, 0.717) is 29.4 Å². The first-order valence-electron chi connectivity index (χ1n) is 12.8. The van der Waals surface area contributed by atoms with Gasteiger partial charge in [-0.25, -0.2) is 14.6 Å². The maximum atomic E-state index is 13.6. The predicted octanol–water partition coefficient (Wildman–Crippen LogP) is 3.58. The standard InChI is InChI=1S/C26H32N6O2S/c33-17-18-3-1-11-31(16-18)20-8-12-30(13-9-20)25(34)21-15-28-32(24(21)19-5-6-19)26-27-10-7-22(29-26)23-4-2-14-35-23/h2,4,7,10,14-15,18-20,33H,1,3,5-6,8-9,11-13,16-17H2. The van der Waals surface area contributed by atoms with E-state index < -0.39 is 0 Å². The van der Waals surface area contributed by atoms with Gasteiger partial charge < -0.3 is 10.0 Å². The minimum Gasteiger partial charge on any atom is -0.396 e. The number of hydrogen-bond donors (Lipinski definition) is 1. The van der Waals surface area contributed by atoms with Crippen LogP contribution in [0, 0.1) is 5.92 Å². The van der Waals surface area contributed by atoms with E-state index in [1.165, 1.54) is 0 Å². The summed E-state index contributed by atoms with van der Waals surface area (Å²) >= 11 is 1.65. The molecule has 3 fully saturated rings. The van der Waals surface area contributed by atoms with Gasteiger partial charge in [0.2, 0.25) is 0 Å². The third-order valence-electron chi connectivity index (χ3n) is 7.68. The molecule has 6 rings (SSSR count). The van der Waals surface area contributed by atoms with Crippen LogP contribution in [0.25, 0.3) is 16.5 Å². The molecule has 0 bridgehead atoms. The van der Waals surface area contributed by atoms with Crippen LogP contribution in [0.4, 0.5) is 0 Å². The first-order valence-corrected chi connectivity index (χ1v) is 13.7. The third-order valence-corrected chi connectivity index (χ3v) is 8.58. The molecule has 5 heterocycles. The highest BCUT2D eigenvalue weighted by Gasteiger charge is 2.36. The van der Waals surface area contributed by atoms with Crippen LogP contribution in [-0.2, 0) is 0 Å².